The predicted octanol–water partition coefficient (Wildman–Crippen LogP) is 6.64. The predicted molar refractivity (Wildman–Crippen MR) is 151 cm³/mol. The minimum Gasteiger partial charge on any atom is -0.497 e. The van der Waals surface area contributed by atoms with E-state index in [0.29, 0.717) is 64.5 Å². The largest absolute Gasteiger partial charge is 0.497 e. The van der Waals surface area contributed by atoms with Crippen LogP contribution in [0.15, 0.2) is 66.7 Å². The second-order valence-electron chi connectivity index (χ2n) is 9.40. The summed E-state index contributed by atoms with van der Waals surface area (Å²) in [4.78, 5) is 30.0. The fraction of sp³-hybridized carbons (Fsp3) is 0.200. The summed E-state index contributed by atoms with van der Waals surface area (Å²) in [7, 11) is 1.56. The number of nitrogens with zero attached hydrogens (tertiary/aromatic N) is 3. The summed E-state index contributed by atoms with van der Waals surface area (Å²) in [5.41, 5.74) is 2.74. The van der Waals surface area contributed by atoms with Crippen LogP contribution in [0.2, 0.25) is 10.0 Å². The van der Waals surface area contributed by atoms with Gasteiger partial charge in [0.25, 0.3) is 11.8 Å². The summed E-state index contributed by atoms with van der Waals surface area (Å²) >= 11 is 12.0. The normalized spacial score (nSPS) is 13.4. The Hall–Kier alpha value is -3.88. The zero-order valence-electron chi connectivity index (χ0n) is 21.8. The van der Waals surface area contributed by atoms with Gasteiger partial charge in [0.05, 0.1) is 34.1 Å². The lowest BCUT2D eigenvalue weighted by Crippen LogP contribution is -2.50. The van der Waals surface area contributed by atoms with Crippen LogP contribution in [0.1, 0.15) is 26.4 Å². The maximum atomic E-state index is 15.0. The molecule has 0 spiro atoms. The van der Waals surface area contributed by atoms with Crippen LogP contribution < -0.4 is 4.74 Å². The van der Waals surface area contributed by atoms with Crippen molar-refractivity contribution in [1.82, 2.24) is 14.4 Å². The Kier molecular flexibility index (Phi) is 7.83. The number of ether oxygens (including phenoxy) is 1. The number of piperazine rings is 1. The Labute approximate surface area is 240 Å². The summed E-state index contributed by atoms with van der Waals surface area (Å²) < 4.78 is 35.6. The molecule has 1 aliphatic rings. The molecule has 0 unspecified atom stereocenters. The zero-order chi connectivity index (χ0) is 28.6. The molecule has 1 aromatic heterocycles. The highest BCUT2D eigenvalue weighted by molar-refractivity contribution is 6.42. The number of amides is 2. The quantitative estimate of drug-likeness (QED) is 0.264. The number of methoxy groups -OCH3 is 1. The number of hydrogen-bond acceptors (Lipinski definition) is 3. The van der Waals surface area contributed by atoms with Crippen molar-refractivity contribution < 1.29 is 23.1 Å². The number of aromatic nitrogens is 1. The SMILES string of the molecule is COc1ccc(-c2cc(C(=O)N3CCN(C(=O)c4ccc(Cl)c(Cl)c4)CC3)c(C)n2-c2ccc(F)cc2F)cc1. The molecule has 206 valence electrons. The Bertz CT molecular complexity index is 1600. The van der Waals surface area contributed by atoms with Gasteiger partial charge in [-0.15, -0.1) is 0 Å². The zero-order valence-corrected chi connectivity index (χ0v) is 23.3. The van der Waals surface area contributed by atoms with Crippen molar-refractivity contribution in [3.8, 4) is 22.7 Å². The second kappa shape index (κ2) is 11.3. The fourth-order valence-corrected chi connectivity index (χ4v) is 5.16. The van der Waals surface area contributed by atoms with Crippen LogP contribution in [-0.4, -0.2) is 59.5 Å². The average Bonchev–Trinajstić information content (AvgIpc) is 3.30. The van der Waals surface area contributed by atoms with Crippen molar-refractivity contribution in [2.24, 2.45) is 0 Å². The van der Waals surface area contributed by atoms with Crippen LogP contribution >= 0.6 is 23.2 Å². The van der Waals surface area contributed by atoms with E-state index in [0.717, 1.165) is 11.6 Å². The molecule has 3 aromatic carbocycles. The minimum absolute atomic E-state index is 0.126. The fourth-order valence-electron chi connectivity index (χ4n) is 4.87. The van der Waals surface area contributed by atoms with Crippen molar-refractivity contribution in [2.45, 2.75) is 6.92 Å². The van der Waals surface area contributed by atoms with E-state index < -0.39 is 11.6 Å². The molecular weight excluding hydrogens is 559 g/mol. The molecule has 4 aromatic rings. The molecule has 0 N–H and O–H groups in total. The Morgan fingerprint density at radius 1 is 0.800 bits per heavy atom. The van der Waals surface area contributed by atoms with Gasteiger partial charge in [-0.1, -0.05) is 23.2 Å². The van der Waals surface area contributed by atoms with Gasteiger partial charge in [0, 0.05) is 43.5 Å². The maximum absolute atomic E-state index is 15.0. The van der Waals surface area contributed by atoms with Crippen LogP contribution in [0.5, 0.6) is 5.75 Å². The Balaban J connectivity index is 1.43. The molecule has 2 amide bonds. The number of benzene rings is 3. The van der Waals surface area contributed by atoms with Crippen LogP contribution in [-0.2, 0) is 0 Å². The molecule has 0 radical (unpaired) electrons. The summed E-state index contributed by atoms with van der Waals surface area (Å²) in [5, 5.41) is 0.664. The Morgan fingerprint density at radius 2 is 1.45 bits per heavy atom. The first kappa shape index (κ1) is 27.7. The van der Waals surface area contributed by atoms with Crippen molar-refractivity contribution in [1.29, 1.82) is 0 Å². The van der Waals surface area contributed by atoms with E-state index in [2.05, 4.69) is 0 Å². The molecule has 0 atom stereocenters. The van der Waals surface area contributed by atoms with Gasteiger partial charge in [0.15, 0.2) is 0 Å². The average molecular weight is 584 g/mol. The van der Waals surface area contributed by atoms with Crippen LogP contribution in [0.3, 0.4) is 0 Å². The molecule has 2 heterocycles. The second-order valence-corrected chi connectivity index (χ2v) is 10.2. The number of carbonyl (C=O) groups is 2. The standard InChI is InChI=1S/C30H25Cl2F2N3O3/c1-18-23(30(39)36-13-11-35(12-14-36)29(38)20-5-9-24(31)25(32)15-20)17-28(19-3-7-22(40-2)8-4-19)37(18)27-10-6-21(33)16-26(27)34/h3-10,15-17H,11-14H2,1-2H3. The lowest BCUT2D eigenvalue weighted by molar-refractivity contribution is 0.0535. The summed E-state index contributed by atoms with van der Waals surface area (Å²) in [6.45, 7) is 3.04. The monoisotopic (exact) mass is 583 g/mol. The van der Waals surface area contributed by atoms with Gasteiger partial charge in [-0.2, -0.15) is 0 Å². The van der Waals surface area contributed by atoms with Crippen molar-refractivity contribution >= 4 is 35.0 Å². The summed E-state index contributed by atoms with van der Waals surface area (Å²) in [5.74, 6) is -1.23. The van der Waals surface area contributed by atoms with Gasteiger partial charge in [-0.25, -0.2) is 8.78 Å². The molecule has 1 aliphatic heterocycles. The van der Waals surface area contributed by atoms with Gasteiger partial charge in [-0.3, -0.25) is 9.59 Å². The Morgan fingerprint density at radius 3 is 2.05 bits per heavy atom. The molecule has 5 rings (SSSR count). The van der Waals surface area contributed by atoms with E-state index >= 15 is 0 Å². The van der Waals surface area contributed by atoms with E-state index in [4.69, 9.17) is 27.9 Å². The first-order valence-electron chi connectivity index (χ1n) is 12.5. The number of hydrogen-bond donors (Lipinski definition) is 0. The highest BCUT2D eigenvalue weighted by atomic mass is 35.5. The molecule has 10 heteroatoms. The lowest BCUT2D eigenvalue weighted by Gasteiger charge is -2.35. The van der Waals surface area contributed by atoms with E-state index in [1.54, 1.807) is 58.7 Å². The first-order chi connectivity index (χ1) is 19.2. The van der Waals surface area contributed by atoms with Gasteiger partial charge in [0.2, 0.25) is 0 Å². The van der Waals surface area contributed by atoms with E-state index in [1.807, 2.05) is 12.1 Å². The third-order valence-corrected chi connectivity index (χ3v) is 7.77. The lowest BCUT2D eigenvalue weighted by atomic mass is 10.1. The third-order valence-electron chi connectivity index (χ3n) is 7.03. The van der Waals surface area contributed by atoms with E-state index in [-0.39, 0.29) is 17.5 Å². The number of rotatable bonds is 5. The molecular formula is C30H25Cl2F2N3O3. The van der Waals surface area contributed by atoms with Gasteiger partial charge in [-0.05, 0) is 73.2 Å². The molecule has 0 bridgehead atoms. The van der Waals surface area contributed by atoms with Crippen LogP contribution in [0.25, 0.3) is 16.9 Å². The van der Waals surface area contributed by atoms with E-state index in [1.165, 1.54) is 18.2 Å². The van der Waals surface area contributed by atoms with Crippen molar-refractivity contribution in [2.75, 3.05) is 33.3 Å². The molecule has 0 aliphatic carbocycles. The maximum Gasteiger partial charge on any atom is 0.255 e. The molecule has 40 heavy (non-hydrogen) atoms. The number of halogens is 4. The van der Waals surface area contributed by atoms with Crippen LogP contribution in [0, 0.1) is 18.6 Å². The molecule has 6 nitrogen and oxygen atoms in total. The highest BCUT2D eigenvalue weighted by Crippen LogP contribution is 2.33. The highest BCUT2D eigenvalue weighted by Gasteiger charge is 2.29. The summed E-state index contributed by atoms with van der Waals surface area (Å²) in [6, 6.07) is 17.0. The smallest absolute Gasteiger partial charge is 0.255 e. The minimum atomic E-state index is -0.748. The van der Waals surface area contributed by atoms with E-state index in [9.17, 15) is 18.4 Å². The van der Waals surface area contributed by atoms with Gasteiger partial charge >= 0.3 is 0 Å². The van der Waals surface area contributed by atoms with Gasteiger partial charge < -0.3 is 19.1 Å². The molecule has 0 saturated carbocycles. The topological polar surface area (TPSA) is 54.8 Å². The van der Waals surface area contributed by atoms with Crippen LogP contribution in [0.4, 0.5) is 8.78 Å². The number of carbonyl (C=O) groups excluding carboxylic acids is 2. The first-order valence-corrected chi connectivity index (χ1v) is 13.3. The van der Waals surface area contributed by atoms with Crippen molar-refractivity contribution in [3.63, 3.8) is 0 Å². The van der Waals surface area contributed by atoms with Crippen molar-refractivity contribution in [3.05, 3.63) is 105 Å². The third kappa shape index (κ3) is 5.29. The molecule has 1 fully saturated rings. The molecule has 1 saturated heterocycles. The van der Waals surface area contributed by atoms with Gasteiger partial charge in [0.1, 0.15) is 17.4 Å². The summed E-state index contributed by atoms with van der Waals surface area (Å²) in [6.07, 6.45) is 0.